The number of nitrogens with one attached hydrogen (secondary N) is 3. The predicted octanol–water partition coefficient (Wildman–Crippen LogP) is -2.05. The van der Waals surface area contributed by atoms with Crippen LogP contribution < -0.4 is 27.6 Å². The van der Waals surface area contributed by atoms with Crippen molar-refractivity contribution >= 4 is 23.7 Å². The number of methoxy groups -OCH3 is 1. The van der Waals surface area contributed by atoms with Gasteiger partial charge in [0.15, 0.2) is 24.2 Å². The molecule has 2 saturated heterocycles. The first-order chi connectivity index (χ1) is 22.9. The molecule has 0 bridgehead atoms. The highest BCUT2D eigenvalue weighted by Gasteiger charge is 2.54. The van der Waals surface area contributed by atoms with Crippen molar-refractivity contribution in [3.63, 3.8) is 0 Å². The van der Waals surface area contributed by atoms with Crippen molar-refractivity contribution in [3.8, 4) is 0 Å². The van der Waals surface area contributed by atoms with E-state index in [4.69, 9.17) is 29.4 Å². The summed E-state index contributed by atoms with van der Waals surface area (Å²) in [5.74, 6) is -3.58. The minimum atomic E-state index is -1.87. The summed E-state index contributed by atoms with van der Waals surface area (Å²) in [7, 11) is 1.23. The molecule has 9 atom stereocenters. The minimum Gasteiger partial charge on any atom is -0.456 e. The molecule has 18 heteroatoms. The van der Waals surface area contributed by atoms with Gasteiger partial charge < -0.3 is 50.3 Å². The highest BCUT2D eigenvalue weighted by molar-refractivity contribution is 5.95. The molecular formula is C30H43N5O13. The molecule has 1 aromatic heterocycles. The monoisotopic (exact) mass is 681 g/mol. The van der Waals surface area contributed by atoms with Gasteiger partial charge in [-0.2, -0.15) is 0 Å². The molecule has 3 aliphatic rings. The van der Waals surface area contributed by atoms with Crippen LogP contribution in [-0.2, 0) is 42.9 Å². The van der Waals surface area contributed by atoms with Gasteiger partial charge in [0.25, 0.3) is 11.5 Å². The van der Waals surface area contributed by atoms with E-state index in [9.17, 15) is 39.0 Å². The van der Waals surface area contributed by atoms with Crippen LogP contribution in [0.3, 0.4) is 0 Å². The Balaban J connectivity index is 1.57. The molecule has 1 aromatic rings. The van der Waals surface area contributed by atoms with Crippen molar-refractivity contribution < 1.29 is 53.1 Å². The van der Waals surface area contributed by atoms with Gasteiger partial charge in [0.05, 0.1) is 0 Å². The van der Waals surface area contributed by atoms with Gasteiger partial charge in [0, 0.05) is 32.3 Å². The van der Waals surface area contributed by atoms with Gasteiger partial charge in [-0.3, -0.25) is 33.5 Å². The Labute approximate surface area is 274 Å². The quantitative estimate of drug-likeness (QED) is 0.0914. The fourth-order valence-corrected chi connectivity index (χ4v) is 5.70. The van der Waals surface area contributed by atoms with Gasteiger partial charge in [-0.1, -0.05) is 26.2 Å². The molecule has 0 aliphatic carbocycles. The van der Waals surface area contributed by atoms with Crippen molar-refractivity contribution in [2.45, 2.75) is 113 Å². The number of ether oxygens (including phenoxy) is 5. The van der Waals surface area contributed by atoms with E-state index in [-0.39, 0.29) is 6.42 Å². The number of hydrogen-bond donors (Lipinski definition) is 6. The topological polar surface area (TPSA) is 260 Å². The second-order valence-corrected chi connectivity index (χ2v) is 11.7. The number of aromatic nitrogens is 2. The van der Waals surface area contributed by atoms with E-state index in [1.165, 1.54) is 7.11 Å². The maximum Gasteiger partial charge on any atom is 0.330 e. The summed E-state index contributed by atoms with van der Waals surface area (Å²) in [6.45, 7) is 2.48. The van der Waals surface area contributed by atoms with E-state index in [0.29, 0.717) is 25.8 Å². The fraction of sp³-hybridized carbons (Fsp3) is 0.667. The van der Waals surface area contributed by atoms with E-state index in [1.807, 2.05) is 6.92 Å². The Kier molecular flexibility index (Phi) is 12.9. The number of rotatable bonds is 14. The summed E-state index contributed by atoms with van der Waals surface area (Å²) in [6.07, 6.45) is -5.87. The number of carbonyl (C=O) groups is 4. The maximum atomic E-state index is 13.0. The second kappa shape index (κ2) is 16.8. The molecule has 0 spiro atoms. The number of unbranched alkanes of at least 4 members (excludes halogenated alkanes) is 3. The van der Waals surface area contributed by atoms with Gasteiger partial charge in [-0.15, -0.1) is 0 Å². The number of aliphatic hydroxyl groups excluding tert-OH is 2. The first-order valence-corrected chi connectivity index (χ1v) is 15.9. The first kappa shape index (κ1) is 36.7. The maximum absolute atomic E-state index is 13.0. The fourth-order valence-electron chi connectivity index (χ4n) is 5.70. The zero-order valence-electron chi connectivity index (χ0n) is 26.7. The number of primary amides is 1. The molecule has 4 rings (SSSR count). The highest BCUT2D eigenvalue weighted by Crippen LogP contribution is 2.36. The SMILES string of the molecule is CCCCCCC(=O)O[C@@H]1[C@H](OC)[C@@H]([C@@H](O[C@H]2OC(C(=O)N[C@H]3CCCCNC3=O)=C[C@H](O)[C@@H]2O)C(N)=O)O[C@H]1n1ccc(=O)[nH]c1=O. The Morgan fingerprint density at radius 2 is 1.92 bits per heavy atom. The number of carbonyl (C=O) groups excluding carboxylic acids is 4. The van der Waals surface area contributed by atoms with E-state index < -0.39 is 95.9 Å². The molecule has 48 heavy (non-hydrogen) atoms. The number of nitrogens with zero attached hydrogens (tertiary/aromatic N) is 1. The van der Waals surface area contributed by atoms with Gasteiger partial charge in [-0.25, -0.2) is 4.79 Å². The summed E-state index contributed by atoms with van der Waals surface area (Å²) in [5, 5.41) is 26.4. The summed E-state index contributed by atoms with van der Waals surface area (Å²) in [6, 6.07) is 0.164. The van der Waals surface area contributed by atoms with Crippen LogP contribution in [0.25, 0.3) is 0 Å². The molecule has 2 fully saturated rings. The molecule has 4 heterocycles. The molecule has 3 aliphatic heterocycles. The van der Waals surface area contributed by atoms with E-state index in [1.54, 1.807) is 0 Å². The zero-order valence-corrected chi connectivity index (χ0v) is 26.7. The normalized spacial score (nSPS) is 29.5. The van der Waals surface area contributed by atoms with Gasteiger partial charge in [0.1, 0.15) is 30.5 Å². The summed E-state index contributed by atoms with van der Waals surface area (Å²) in [5.41, 5.74) is 4.07. The van der Waals surface area contributed by atoms with Crippen molar-refractivity contribution in [1.29, 1.82) is 0 Å². The van der Waals surface area contributed by atoms with E-state index in [2.05, 4.69) is 15.6 Å². The standard InChI is InChI=1S/C30H43N5O13/c1-3-4-5-6-10-19(38)46-24-21(44-2)22(47-28(24)35-13-11-18(37)34-30(35)43)23(25(31)40)48-29-20(39)16(36)14-17(45-29)27(42)33-15-9-7-8-12-32-26(15)41/h11,13-16,20-24,28-29,36,39H,3-10,12H2,1-2H3,(H2,31,40)(H,32,41)(H,33,42)(H,34,37,43)/t15-,16-,20-,21+,22-,23+,24+,28+,29+/m0/s1. The Hall–Kier alpha value is -4.10. The third-order valence-corrected chi connectivity index (χ3v) is 8.24. The van der Waals surface area contributed by atoms with Crippen LogP contribution in [0, 0.1) is 0 Å². The summed E-state index contributed by atoms with van der Waals surface area (Å²) >= 11 is 0. The zero-order chi connectivity index (χ0) is 35.0. The van der Waals surface area contributed by atoms with Crippen LogP contribution in [0.5, 0.6) is 0 Å². The lowest BCUT2D eigenvalue weighted by Gasteiger charge is -2.35. The third kappa shape index (κ3) is 8.87. The number of nitrogens with two attached hydrogens (primary N) is 1. The molecule has 0 radical (unpaired) electrons. The third-order valence-electron chi connectivity index (χ3n) is 8.24. The van der Waals surface area contributed by atoms with E-state index >= 15 is 0 Å². The Bertz CT molecular complexity index is 1460. The lowest BCUT2D eigenvalue weighted by Crippen LogP contribution is -2.54. The van der Waals surface area contributed by atoms with Crippen LogP contribution >= 0.6 is 0 Å². The largest absolute Gasteiger partial charge is 0.456 e. The molecule has 0 unspecified atom stereocenters. The van der Waals surface area contributed by atoms with Gasteiger partial charge in [-0.05, 0) is 31.8 Å². The molecular weight excluding hydrogens is 638 g/mol. The molecule has 266 valence electrons. The minimum absolute atomic E-state index is 0.0419. The second-order valence-electron chi connectivity index (χ2n) is 11.7. The van der Waals surface area contributed by atoms with Crippen molar-refractivity contribution in [2.75, 3.05) is 13.7 Å². The molecule has 0 aromatic carbocycles. The number of H-pyrrole nitrogens is 1. The van der Waals surface area contributed by atoms with Crippen LogP contribution in [0.4, 0.5) is 0 Å². The van der Waals surface area contributed by atoms with Crippen LogP contribution in [0.1, 0.15) is 64.5 Å². The number of esters is 1. The van der Waals surface area contributed by atoms with E-state index in [0.717, 1.165) is 48.6 Å². The van der Waals surface area contributed by atoms with Gasteiger partial charge >= 0.3 is 11.7 Å². The lowest BCUT2D eigenvalue weighted by atomic mass is 10.0. The molecule has 3 amide bonds. The number of aromatic amines is 1. The Morgan fingerprint density at radius 3 is 2.60 bits per heavy atom. The number of amides is 3. The Morgan fingerprint density at radius 1 is 1.15 bits per heavy atom. The molecule has 0 saturated carbocycles. The number of hydrogen-bond acceptors (Lipinski definition) is 13. The van der Waals surface area contributed by atoms with Crippen molar-refractivity contribution in [2.24, 2.45) is 5.73 Å². The highest BCUT2D eigenvalue weighted by atomic mass is 16.7. The molecule has 18 nitrogen and oxygen atoms in total. The number of aliphatic hydroxyl groups is 2. The van der Waals surface area contributed by atoms with Crippen molar-refractivity contribution in [1.82, 2.24) is 20.2 Å². The predicted molar refractivity (Wildman–Crippen MR) is 162 cm³/mol. The summed E-state index contributed by atoms with van der Waals surface area (Å²) in [4.78, 5) is 77.7. The van der Waals surface area contributed by atoms with Crippen molar-refractivity contribution in [3.05, 3.63) is 44.9 Å². The van der Waals surface area contributed by atoms with Crippen LogP contribution in [0.2, 0.25) is 0 Å². The van der Waals surface area contributed by atoms with Crippen LogP contribution in [0.15, 0.2) is 33.7 Å². The van der Waals surface area contributed by atoms with Gasteiger partial charge in [0.2, 0.25) is 18.1 Å². The molecule has 7 N–H and O–H groups in total. The average molecular weight is 682 g/mol. The summed E-state index contributed by atoms with van der Waals surface area (Å²) < 4.78 is 29.6. The first-order valence-electron chi connectivity index (χ1n) is 15.9. The van der Waals surface area contributed by atoms with Crippen LogP contribution in [-0.4, -0.2) is 106 Å². The lowest BCUT2D eigenvalue weighted by molar-refractivity contribution is -0.241. The smallest absolute Gasteiger partial charge is 0.330 e. The average Bonchev–Trinajstić information content (AvgIpc) is 3.25.